The van der Waals surface area contributed by atoms with Gasteiger partial charge in [-0.05, 0) is 13.3 Å². The number of sulfonamides is 1. The van der Waals surface area contributed by atoms with Gasteiger partial charge in [0.15, 0.2) is 0 Å². The minimum Gasteiger partial charge on any atom is -0.392 e. The van der Waals surface area contributed by atoms with Gasteiger partial charge in [-0.15, -0.1) is 0 Å². The lowest BCUT2D eigenvalue weighted by molar-refractivity contribution is 0.189. The minimum atomic E-state index is -3.48. The second-order valence-corrected chi connectivity index (χ2v) is 5.57. The summed E-state index contributed by atoms with van der Waals surface area (Å²) in [6.07, 6.45) is 1.25. The summed E-state index contributed by atoms with van der Waals surface area (Å²) in [6, 6.07) is 0. The summed E-state index contributed by atoms with van der Waals surface area (Å²) in [5.41, 5.74) is 0.524. The van der Waals surface area contributed by atoms with Crippen molar-refractivity contribution in [1.82, 2.24) is 14.5 Å². The molecule has 6 nitrogen and oxygen atoms in total. The maximum absolute atomic E-state index is 12.0. The molecule has 1 aromatic heterocycles. The molecular weight excluding hydrogens is 218 g/mol. The predicted octanol–water partition coefficient (Wildman–Crippen LogP) is -0.527. The fourth-order valence-corrected chi connectivity index (χ4v) is 3.28. The summed E-state index contributed by atoms with van der Waals surface area (Å²) < 4.78 is 25.3. The molecule has 0 saturated carbocycles. The van der Waals surface area contributed by atoms with Gasteiger partial charge in [-0.2, -0.15) is 9.40 Å². The number of aromatic nitrogens is 2. The van der Waals surface area contributed by atoms with Crippen LogP contribution in [0.25, 0.3) is 0 Å². The van der Waals surface area contributed by atoms with Crippen LogP contribution in [0.5, 0.6) is 0 Å². The van der Waals surface area contributed by atoms with Gasteiger partial charge in [0.25, 0.3) is 0 Å². The minimum absolute atomic E-state index is 0.174. The Balaban J connectivity index is 2.32. The first-order valence-electron chi connectivity index (χ1n) is 4.70. The Morgan fingerprint density at radius 2 is 2.40 bits per heavy atom. The number of aromatic amines is 1. The lowest BCUT2D eigenvalue weighted by Gasteiger charge is -2.14. The van der Waals surface area contributed by atoms with Crippen molar-refractivity contribution in [3.05, 3.63) is 11.9 Å². The maximum Gasteiger partial charge on any atom is 0.246 e. The van der Waals surface area contributed by atoms with Gasteiger partial charge in [-0.25, -0.2) is 8.42 Å². The number of hydrogen-bond acceptors (Lipinski definition) is 4. The van der Waals surface area contributed by atoms with Crippen molar-refractivity contribution in [2.45, 2.75) is 24.3 Å². The molecule has 2 rings (SSSR count). The fraction of sp³-hybridized carbons (Fsp3) is 0.625. The molecule has 0 amide bonds. The highest BCUT2D eigenvalue weighted by Gasteiger charge is 2.33. The second-order valence-electron chi connectivity index (χ2n) is 3.66. The van der Waals surface area contributed by atoms with Crippen molar-refractivity contribution in [2.24, 2.45) is 0 Å². The summed E-state index contributed by atoms with van der Waals surface area (Å²) >= 11 is 0. The molecular formula is C8H13N3O3S. The van der Waals surface area contributed by atoms with Crippen LogP contribution in [-0.4, -0.2) is 47.2 Å². The van der Waals surface area contributed by atoms with E-state index in [-0.39, 0.29) is 11.4 Å². The number of H-pyrrole nitrogens is 1. The molecule has 1 atom stereocenters. The highest BCUT2D eigenvalue weighted by Crippen LogP contribution is 2.21. The monoisotopic (exact) mass is 231 g/mol. The molecule has 84 valence electrons. The van der Waals surface area contributed by atoms with E-state index in [9.17, 15) is 13.5 Å². The quantitative estimate of drug-likeness (QED) is 0.716. The zero-order chi connectivity index (χ0) is 11.1. The number of aliphatic hydroxyl groups is 1. The maximum atomic E-state index is 12.0. The molecule has 15 heavy (non-hydrogen) atoms. The van der Waals surface area contributed by atoms with E-state index in [0.29, 0.717) is 18.7 Å². The van der Waals surface area contributed by atoms with E-state index in [4.69, 9.17) is 0 Å². The van der Waals surface area contributed by atoms with Gasteiger partial charge in [-0.1, -0.05) is 0 Å². The first-order valence-corrected chi connectivity index (χ1v) is 6.14. The average Bonchev–Trinajstić information content (AvgIpc) is 2.74. The second kappa shape index (κ2) is 3.58. The van der Waals surface area contributed by atoms with Gasteiger partial charge >= 0.3 is 0 Å². The van der Waals surface area contributed by atoms with Crippen molar-refractivity contribution in [3.63, 3.8) is 0 Å². The standard InChI is InChI=1S/C8H13N3O3S/c1-6-8(4-9-10-6)15(13,14)11-3-2-7(12)5-11/h4,7,12H,2-3,5H2,1H3,(H,9,10)/t7-/m1/s1. The Morgan fingerprint density at radius 3 is 2.87 bits per heavy atom. The van der Waals surface area contributed by atoms with E-state index in [2.05, 4.69) is 10.2 Å². The van der Waals surface area contributed by atoms with Gasteiger partial charge < -0.3 is 5.11 Å². The van der Waals surface area contributed by atoms with E-state index in [0.717, 1.165) is 0 Å². The van der Waals surface area contributed by atoms with Gasteiger partial charge in [-0.3, -0.25) is 5.10 Å². The average molecular weight is 231 g/mol. The lowest BCUT2D eigenvalue weighted by Crippen LogP contribution is -2.29. The molecule has 0 aliphatic carbocycles. The zero-order valence-electron chi connectivity index (χ0n) is 8.34. The van der Waals surface area contributed by atoms with Gasteiger partial charge in [0.2, 0.25) is 10.0 Å². The third kappa shape index (κ3) is 1.77. The van der Waals surface area contributed by atoms with Crippen LogP contribution >= 0.6 is 0 Å². The fourth-order valence-electron chi connectivity index (χ4n) is 1.67. The summed E-state index contributed by atoms with van der Waals surface area (Å²) in [4.78, 5) is 0.191. The normalized spacial score (nSPS) is 23.5. The predicted molar refractivity (Wildman–Crippen MR) is 52.7 cm³/mol. The van der Waals surface area contributed by atoms with Gasteiger partial charge in [0.05, 0.1) is 18.0 Å². The third-order valence-corrected chi connectivity index (χ3v) is 4.51. The smallest absolute Gasteiger partial charge is 0.246 e. The molecule has 0 spiro atoms. The largest absolute Gasteiger partial charge is 0.392 e. The van der Waals surface area contributed by atoms with Crippen molar-refractivity contribution >= 4 is 10.0 Å². The summed E-state index contributed by atoms with van der Waals surface area (Å²) in [6.45, 7) is 2.20. The molecule has 0 bridgehead atoms. The number of aliphatic hydroxyl groups excluding tert-OH is 1. The number of β-amino-alcohol motifs (C(OH)–C–C–N with tert-alkyl or cyclic N) is 1. The van der Waals surface area contributed by atoms with Crippen molar-refractivity contribution < 1.29 is 13.5 Å². The van der Waals surface area contributed by atoms with E-state index in [1.807, 2.05) is 0 Å². The van der Waals surface area contributed by atoms with Crippen molar-refractivity contribution in [2.75, 3.05) is 13.1 Å². The molecule has 0 radical (unpaired) electrons. The van der Waals surface area contributed by atoms with Crippen LogP contribution < -0.4 is 0 Å². The molecule has 1 aliphatic heterocycles. The van der Waals surface area contributed by atoms with E-state index in [1.165, 1.54) is 10.5 Å². The Labute approximate surface area is 88.0 Å². The molecule has 2 heterocycles. The van der Waals surface area contributed by atoms with Crippen LogP contribution in [0.3, 0.4) is 0 Å². The summed E-state index contributed by atoms with van der Waals surface area (Å²) in [5.74, 6) is 0. The van der Waals surface area contributed by atoms with Gasteiger partial charge in [0.1, 0.15) is 4.90 Å². The number of aryl methyl sites for hydroxylation is 1. The molecule has 0 aromatic carbocycles. The summed E-state index contributed by atoms with van der Waals surface area (Å²) in [7, 11) is -3.48. The van der Waals surface area contributed by atoms with Crippen LogP contribution in [0.2, 0.25) is 0 Å². The SMILES string of the molecule is Cc1[nH]ncc1S(=O)(=O)N1CC[C@@H](O)C1. The Kier molecular flexibility index (Phi) is 2.53. The topological polar surface area (TPSA) is 86.3 Å². The molecule has 0 unspecified atom stereocenters. The zero-order valence-corrected chi connectivity index (χ0v) is 9.16. The molecule has 1 saturated heterocycles. The number of nitrogens with zero attached hydrogens (tertiary/aromatic N) is 2. The number of rotatable bonds is 2. The van der Waals surface area contributed by atoms with E-state index >= 15 is 0 Å². The van der Waals surface area contributed by atoms with Crippen molar-refractivity contribution in [3.8, 4) is 0 Å². The first kappa shape index (κ1) is 10.6. The van der Waals surface area contributed by atoms with Crippen molar-refractivity contribution in [1.29, 1.82) is 0 Å². The first-order chi connectivity index (χ1) is 7.01. The van der Waals surface area contributed by atoms with Crippen LogP contribution in [0, 0.1) is 6.92 Å². The van der Waals surface area contributed by atoms with E-state index < -0.39 is 16.1 Å². The summed E-state index contributed by atoms with van der Waals surface area (Å²) in [5, 5.41) is 15.6. The Bertz CT molecular complexity index is 453. The molecule has 1 aromatic rings. The highest BCUT2D eigenvalue weighted by molar-refractivity contribution is 7.89. The van der Waals surface area contributed by atoms with Crippen LogP contribution in [0.1, 0.15) is 12.1 Å². The Hall–Kier alpha value is -0.920. The molecule has 7 heteroatoms. The van der Waals surface area contributed by atoms with Gasteiger partial charge in [0, 0.05) is 13.1 Å². The molecule has 1 fully saturated rings. The number of hydrogen-bond donors (Lipinski definition) is 2. The highest BCUT2D eigenvalue weighted by atomic mass is 32.2. The van der Waals surface area contributed by atoms with Crippen LogP contribution in [0.4, 0.5) is 0 Å². The van der Waals surface area contributed by atoms with Crippen LogP contribution in [-0.2, 0) is 10.0 Å². The number of nitrogens with one attached hydrogen (secondary N) is 1. The van der Waals surface area contributed by atoms with Crippen LogP contribution in [0.15, 0.2) is 11.1 Å². The molecule has 1 aliphatic rings. The third-order valence-electron chi connectivity index (χ3n) is 2.53. The lowest BCUT2D eigenvalue weighted by atomic mass is 10.3. The van der Waals surface area contributed by atoms with E-state index in [1.54, 1.807) is 6.92 Å². The molecule has 2 N–H and O–H groups in total. The Morgan fingerprint density at radius 1 is 1.67 bits per heavy atom.